The third kappa shape index (κ3) is 3.41. The van der Waals surface area contributed by atoms with Crippen LogP contribution < -0.4 is 5.32 Å². The molecular formula is C9H12Cl2N4O4. The zero-order valence-corrected chi connectivity index (χ0v) is 11.1. The van der Waals surface area contributed by atoms with E-state index < -0.39 is 24.4 Å². The summed E-state index contributed by atoms with van der Waals surface area (Å²) in [6.07, 6.45) is -3.19. The van der Waals surface area contributed by atoms with Crippen LogP contribution in [-0.2, 0) is 4.74 Å². The summed E-state index contributed by atoms with van der Waals surface area (Å²) in [5.74, 6) is 0.0623. The fraction of sp³-hybridized carbons (Fsp3) is 0.667. The molecule has 0 amide bonds. The van der Waals surface area contributed by atoms with Gasteiger partial charge in [0, 0.05) is 0 Å². The average molecular weight is 311 g/mol. The smallest absolute Gasteiger partial charge is 0.228 e. The summed E-state index contributed by atoms with van der Waals surface area (Å²) in [4.78, 5) is 11.1. The molecule has 2 heterocycles. The monoisotopic (exact) mass is 310 g/mol. The number of aromatic nitrogens is 3. The van der Waals surface area contributed by atoms with E-state index in [1.807, 2.05) is 0 Å². The molecule has 4 atom stereocenters. The number of hydrogen-bond acceptors (Lipinski definition) is 8. The number of anilines is 1. The highest BCUT2D eigenvalue weighted by atomic mass is 35.5. The van der Waals surface area contributed by atoms with Gasteiger partial charge in [0.1, 0.15) is 18.3 Å². The molecule has 4 unspecified atom stereocenters. The van der Waals surface area contributed by atoms with Gasteiger partial charge < -0.3 is 25.4 Å². The van der Waals surface area contributed by atoms with E-state index in [1.165, 1.54) is 0 Å². The number of aliphatic hydroxyl groups is 3. The molecule has 19 heavy (non-hydrogen) atoms. The van der Waals surface area contributed by atoms with Gasteiger partial charge in [0.15, 0.2) is 0 Å². The molecule has 1 aromatic rings. The highest BCUT2D eigenvalue weighted by molar-refractivity contribution is 6.31. The lowest BCUT2D eigenvalue weighted by atomic mass is 9.98. The Kier molecular flexibility index (Phi) is 4.71. The molecule has 1 saturated heterocycles. The molecule has 0 aliphatic carbocycles. The largest absolute Gasteiger partial charge is 0.394 e. The van der Waals surface area contributed by atoms with Crippen LogP contribution in [0.5, 0.6) is 0 Å². The van der Waals surface area contributed by atoms with Gasteiger partial charge in [0.2, 0.25) is 16.5 Å². The molecule has 1 aliphatic heterocycles. The maximum absolute atomic E-state index is 9.90. The Balaban J connectivity index is 2.07. The van der Waals surface area contributed by atoms with Crippen molar-refractivity contribution in [2.45, 2.75) is 24.4 Å². The summed E-state index contributed by atoms with van der Waals surface area (Å²) in [5, 5.41) is 31.1. The number of halogens is 2. The van der Waals surface area contributed by atoms with E-state index in [4.69, 9.17) is 33.0 Å². The SMILES string of the molecule is OCC1OCC(Nc2nc(Cl)nc(Cl)n2)C(O)C1O. The minimum absolute atomic E-state index is 0.0599. The Hall–Kier alpha value is -0.770. The van der Waals surface area contributed by atoms with Gasteiger partial charge >= 0.3 is 0 Å². The van der Waals surface area contributed by atoms with Gasteiger partial charge in [-0.1, -0.05) is 0 Å². The third-order valence-electron chi connectivity index (χ3n) is 2.71. The highest BCUT2D eigenvalue weighted by Gasteiger charge is 2.38. The van der Waals surface area contributed by atoms with Crippen LogP contribution in [0.25, 0.3) is 0 Å². The molecule has 106 valence electrons. The molecule has 0 saturated carbocycles. The van der Waals surface area contributed by atoms with E-state index >= 15 is 0 Å². The summed E-state index contributed by atoms with van der Waals surface area (Å²) >= 11 is 11.2. The first-order valence-electron chi connectivity index (χ1n) is 5.43. The van der Waals surface area contributed by atoms with Crippen molar-refractivity contribution in [3.63, 3.8) is 0 Å². The second-order valence-electron chi connectivity index (χ2n) is 3.98. The second kappa shape index (κ2) is 6.12. The molecule has 1 aliphatic rings. The minimum Gasteiger partial charge on any atom is -0.394 e. The predicted molar refractivity (Wildman–Crippen MR) is 66.1 cm³/mol. The van der Waals surface area contributed by atoms with Crippen molar-refractivity contribution in [1.29, 1.82) is 0 Å². The summed E-state index contributed by atoms with van der Waals surface area (Å²) in [5.41, 5.74) is 0. The van der Waals surface area contributed by atoms with Crippen molar-refractivity contribution in [2.75, 3.05) is 18.5 Å². The predicted octanol–water partition coefficient (Wildman–Crippen LogP) is -0.928. The Morgan fingerprint density at radius 1 is 1.16 bits per heavy atom. The summed E-state index contributed by atoms with van der Waals surface area (Å²) in [7, 11) is 0. The minimum atomic E-state index is -1.22. The fourth-order valence-electron chi connectivity index (χ4n) is 1.73. The maximum atomic E-state index is 9.90. The Labute approximate surface area is 118 Å². The van der Waals surface area contributed by atoms with E-state index in [0.717, 1.165) is 0 Å². The maximum Gasteiger partial charge on any atom is 0.228 e. The van der Waals surface area contributed by atoms with Crippen molar-refractivity contribution < 1.29 is 20.1 Å². The lowest BCUT2D eigenvalue weighted by molar-refractivity contribution is -0.152. The van der Waals surface area contributed by atoms with Gasteiger partial charge in [0.25, 0.3) is 0 Å². The van der Waals surface area contributed by atoms with E-state index in [0.29, 0.717) is 0 Å². The topological polar surface area (TPSA) is 121 Å². The number of ether oxygens (including phenoxy) is 1. The van der Waals surface area contributed by atoms with Gasteiger partial charge in [0.05, 0.1) is 19.3 Å². The van der Waals surface area contributed by atoms with E-state index in [-0.39, 0.29) is 29.7 Å². The zero-order valence-electron chi connectivity index (χ0n) is 9.57. The van der Waals surface area contributed by atoms with Crippen LogP contribution in [0.15, 0.2) is 0 Å². The Morgan fingerprint density at radius 3 is 2.37 bits per heavy atom. The van der Waals surface area contributed by atoms with Crippen molar-refractivity contribution >= 4 is 29.2 Å². The van der Waals surface area contributed by atoms with E-state index in [1.54, 1.807) is 0 Å². The van der Waals surface area contributed by atoms with Crippen molar-refractivity contribution in [2.24, 2.45) is 0 Å². The molecule has 0 bridgehead atoms. The quantitative estimate of drug-likeness (QED) is 0.565. The van der Waals surface area contributed by atoms with Crippen LogP contribution in [0.3, 0.4) is 0 Å². The Morgan fingerprint density at radius 2 is 1.79 bits per heavy atom. The van der Waals surface area contributed by atoms with E-state index in [9.17, 15) is 10.2 Å². The van der Waals surface area contributed by atoms with Crippen molar-refractivity contribution in [3.8, 4) is 0 Å². The molecule has 1 fully saturated rings. The highest BCUT2D eigenvalue weighted by Crippen LogP contribution is 2.19. The molecule has 10 heteroatoms. The summed E-state index contributed by atoms with van der Waals surface area (Å²) in [6.45, 7) is -0.321. The molecule has 0 aromatic carbocycles. The second-order valence-corrected chi connectivity index (χ2v) is 4.66. The number of nitrogens with zero attached hydrogens (tertiary/aromatic N) is 3. The molecule has 0 radical (unpaired) electrons. The first-order chi connectivity index (χ1) is 9.01. The molecule has 2 rings (SSSR count). The van der Waals surface area contributed by atoms with Crippen LogP contribution in [0.2, 0.25) is 10.6 Å². The zero-order chi connectivity index (χ0) is 14.0. The fourth-order valence-corrected chi connectivity index (χ4v) is 2.09. The summed E-state index contributed by atoms with van der Waals surface area (Å²) in [6, 6.07) is -0.660. The van der Waals surface area contributed by atoms with Gasteiger partial charge in [-0.25, -0.2) is 0 Å². The van der Waals surface area contributed by atoms with Gasteiger partial charge in [-0.05, 0) is 23.2 Å². The van der Waals surface area contributed by atoms with Gasteiger partial charge in [-0.2, -0.15) is 15.0 Å². The standard InChI is InChI=1S/C9H12Cl2N4O4/c10-7-13-8(11)15-9(14-7)12-3-2-19-4(1-16)6(18)5(3)17/h3-6,16-18H,1-2H2,(H,12,13,14,15). The molecule has 1 aromatic heterocycles. The molecular weight excluding hydrogens is 299 g/mol. The van der Waals surface area contributed by atoms with Crippen molar-refractivity contribution in [3.05, 3.63) is 10.6 Å². The number of nitrogens with one attached hydrogen (secondary N) is 1. The van der Waals surface area contributed by atoms with Gasteiger partial charge in [-0.15, -0.1) is 0 Å². The number of rotatable bonds is 3. The first-order valence-corrected chi connectivity index (χ1v) is 6.19. The lowest BCUT2D eigenvalue weighted by Gasteiger charge is -2.37. The lowest BCUT2D eigenvalue weighted by Crippen LogP contribution is -2.56. The first kappa shape index (κ1) is 14.6. The third-order valence-corrected chi connectivity index (χ3v) is 3.05. The van der Waals surface area contributed by atoms with Crippen LogP contribution in [0.1, 0.15) is 0 Å². The molecule has 4 N–H and O–H groups in total. The van der Waals surface area contributed by atoms with Crippen molar-refractivity contribution in [1.82, 2.24) is 15.0 Å². The van der Waals surface area contributed by atoms with Gasteiger partial charge in [-0.3, -0.25) is 0 Å². The summed E-state index contributed by atoms with van der Waals surface area (Å²) < 4.78 is 5.20. The molecule has 8 nitrogen and oxygen atoms in total. The van der Waals surface area contributed by atoms with Crippen LogP contribution in [0.4, 0.5) is 5.95 Å². The van der Waals surface area contributed by atoms with Crippen LogP contribution in [0, 0.1) is 0 Å². The molecule has 0 spiro atoms. The van der Waals surface area contributed by atoms with Crippen LogP contribution in [-0.4, -0.2) is 67.8 Å². The number of aliphatic hydroxyl groups excluding tert-OH is 3. The average Bonchev–Trinajstić information content (AvgIpc) is 2.34. The number of hydrogen-bond donors (Lipinski definition) is 4. The van der Waals surface area contributed by atoms with Crippen LogP contribution >= 0.6 is 23.2 Å². The normalized spacial score (nSPS) is 31.2. The Bertz CT molecular complexity index is 432. The van der Waals surface area contributed by atoms with E-state index in [2.05, 4.69) is 20.3 Å².